The van der Waals surface area contributed by atoms with E-state index in [4.69, 9.17) is 10.7 Å². The smallest absolute Gasteiger partial charge is 0.226 e. The molecule has 3 rings (SSSR count). The second-order valence-corrected chi connectivity index (χ2v) is 8.39. The van der Waals surface area contributed by atoms with Crippen LogP contribution in [-0.2, 0) is 11.2 Å². The SMILES string of the molecule is CC.C\C=C/C(=C\C=C\CNC(=O)Cc1cc(C)cccccc(-c2c[nH]c3ccc(C)cc23)n1)CN. The Morgan fingerprint density at radius 2 is 1.81 bits per heavy atom. The van der Waals surface area contributed by atoms with Crippen LogP contribution < -0.4 is 11.1 Å². The predicted molar refractivity (Wildman–Crippen MR) is 158 cm³/mol. The van der Waals surface area contributed by atoms with Gasteiger partial charge in [-0.2, -0.15) is 0 Å². The van der Waals surface area contributed by atoms with Crippen LogP contribution >= 0.6 is 0 Å². The number of H-pyrrole nitrogens is 1. The van der Waals surface area contributed by atoms with Crippen LogP contribution in [0, 0.1) is 13.8 Å². The van der Waals surface area contributed by atoms with E-state index in [2.05, 4.69) is 35.4 Å². The topological polar surface area (TPSA) is 83.8 Å². The van der Waals surface area contributed by atoms with Crippen molar-refractivity contribution in [3.8, 4) is 11.3 Å². The molecular weight excluding hydrogens is 456 g/mol. The molecule has 0 atom stereocenters. The molecule has 1 amide bonds. The van der Waals surface area contributed by atoms with E-state index in [9.17, 15) is 4.79 Å². The number of rotatable bonds is 8. The zero-order valence-electron chi connectivity index (χ0n) is 22.7. The Balaban J connectivity index is 0.00000235. The lowest BCUT2D eigenvalue weighted by molar-refractivity contribution is -0.120. The minimum Gasteiger partial charge on any atom is -0.360 e. The molecule has 0 saturated heterocycles. The Bertz CT molecular complexity index is 1310. The van der Waals surface area contributed by atoms with Crippen LogP contribution in [-0.4, -0.2) is 29.0 Å². The number of fused-ring (bicyclic) bond motifs is 1. The van der Waals surface area contributed by atoms with Gasteiger partial charge in [-0.25, -0.2) is 0 Å². The van der Waals surface area contributed by atoms with Gasteiger partial charge >= 0.3 is 0 Å². The molecule has 5 nitrogen and oxygen atoms in total. The first-order valence-corrected chi connectivity index (χ1v) is 12.8. The number of carbonyl (C=O) groups is 1. The van der Waals surface area contributed by atoms with Gasteiger partial charge in [0.15, 0.2) is 0 Å². The van der Waals surface area contributed by atoms with Gasteiger partial charge in [-0.15, -0.1) is 0 Å². The Hall–Kier alpha value is -3.96. The molecule has 0 aliphatic heterocycles. The summed E-state index contributed by atoms with van der Waals surface area (Å²) >= 11 is 0. The standard InChI is InChI=1S/C30H34N4O.C2H6/c1-4-10-24(20-31)12-8-9-16-32-30(35)19-25-17-22(2)11-6-5-7-13-29(34-25)27-21-33-28-15-14-23(3)18-26(27)28;1-2/h4-15,17-18,21,33H,16,19-20,31H2,1-3H3,(H,32,35);1-2H3/b6-5?,7-5?,9-8+,10-4-,11-6?,13-7?,22-11?,22-17?,24-12+,25-17?,29-13?,34-25?,34-29?;. The summed E-state index contributed by atoms with van der Waals surface area (Å²) in [6.45, 7) is 11.0. The van der Waals surface area contributed by atoms with Crippen molar-refractivity contribution in [1.29, 1.82) is 0 Å². The number of benzene rings is 1. The second kappa shape index (κ2) is 15.9. The van der Waals surface area contributed by atoms with Crippen LogP contribution in [0.15, 0.2) is 96.7 Å². The van der Waals surface area contributed by atoms with Crippen LogP contribution in [0.25, 0.3) is 22.2 Å². The van der Waals surface area contributed by atoms with Crippen molar-refractivity contribution in [2.45, 2.75) is 41.0 Å². The highest BCUT2D eigenvalue weighted by Crippen LogP contribution is 2.27. The second-order valence-electron chi connectivity index (χ2n) is 8.39. The normalized spacial score (nSPS) is 11.4. The fourth-order valence-corrected chi connectivity index (χ4v) is 3.71. The first kappa shape index (κ1) is 29.3. The van der Waals surface area contributed by atoms with Crippen molar-refractivity contribution in [3.63, 3.8) is 0 Å². The molecule has 0 fully saturated rings. The van der Waals surface area contributed by atoms with Crippen LogP contribution in [0.2, 0.25) is 0 Å². The monoisotopic (exact) mass is 496 g/mol. The van der Waals surface area contributed by atoms with Gasteiger partial charge in [-0.05, 0) is 56.2 Å². The molecule has 0 saturated carbocycles. The Labute approximate surface area is 221 Å². The molecule has 4 N–H and O–H groups in total. The summed E-state index contributed by atoms with van der Waals surface area (Å²) < 4.78 is 0. The maximum atomic E-state index is 12.7. The zero-order valence-corrected chi connectivity index (χ0v) is 22.7. The van der Waals surface area contributed by atoms with E-state index in [1.165, 1.54) is 5.56 Å². The minimum atomic E-state index is -0.0837. The number of carbonyl (C=O) groups excluding carboxylic acids is 1. The molecule has 0 aliphatic rings. The van der Waals surface area contributed by atoms with Crippen LogP contribution in [0.1, 0.15) is 37.6 Å². The van der Waals surface area contributed by atoms with Gasteiger partial charge in [0.05, 0.1) is 17.8 Å². The summed E-state index contributed by atoms with van der Waals surface area (Å²) in [6.07, 6.45) is 11.8. The van der Waals surface area contributed by atoms with Gasteiger partial charge in [0.25, 0.3) is 0 Å². The van der Waals surface area contributed by atoms with Gasteiger partial charge in [-0.1, -0.05) is 80.1 Å². The van der Waals surface area contributed by atoms with E-state index >= 15 is 0 Å². The van der Waals surface area contributed by atoms with Crippen molar-refractivity contribution < 1.29 is 4.79 Å². The van der Waals surface area contributed by atoms with Crippen molar-refractivity contribution in [2.24, 2.45) is 5.73 Å². The molecule has 2 aromatic heterocycles. The van der Waals surface area contributed by atoms with Crippen LogP contribution in [0.5, 0.6) is 0 Å². The third-order valence-electron chi connectivity index (χ3n) is 5.43. The van der Waals surface area contributed by atoms with Gasteiger partial charge in [0.1, 0.15) is 0 Å². The van der Waals surface area contributed by atoms with Crippen LogP contribution in [0.3, 0.4) is 0 Å². The third-order valence-corrected chi connectivity index (χ3v) is 5.43. The number of aryl methyl sites for hydroxylation is 2. The largest absolute Gasteiger partial charge is 0.360 e. The van der Waals surface area contributed by atoms with Crippen molar-refractivity contribution >= 4 is 16.8 Å². The van der Waals surface area contributed by atoms with E-state index in [1.807, 2.05) is 101 Å². The lowest BCUT2D eigenvalue weighted by atomic mass is 10.1. The summed E-state index contributed by atoms with van der Waals surface area (Å²) in [5.74, 6) is -0.0837. The maximum Gasteiger partial charge on any atom is 0.226 e. The number of nitrogens with one attached hydrogen (secondary N) is 2. The molecule has 0 radical (unpaired) electrons. The molecular formula is C32H40N4O. The van der Waals surface area contributed by atoms with E-state index in [1.54, 1.807) is 0 Å². The first-order chi connectivity index (χ1) is 18.0. The molecule has 37 heavy (non-hydrogen) atoms. The predicted octanol–water partition coefficient (Wildman–Crippen LogP) is 6.67. The number of nitrogens with two attached hydrogens (primary N) is 1. The van der Waals surface area contributed by atoms with E-state index in [0.717, 1.165) is 33.3 Å². The van der Waals surface area contributed by atoms with E-state index in [-0.39, 0.29) is 12.3 Å². The highest BCUT2D eigenvalue weighted by molar-refractivity contribution is 5.95. The zero-order chi connectivity index (χ0) is 27.0. The third kappa shape index (κ3) is 9.54. The molecule has 5 heteroatoms. The quantitative estimate of drug-likeness (QED) is 0.304. The summed E-state index contributed by atoms with van der Waals surface area (Å²) in [6, 6.07) is 18.2. The van der Waals surface area contributed by atoms with Gasteiger partial charge in [0.2, 0.25) is 5.91 Å². The number of aromatic nitrogens is 2. The molecule has 1 aromatic carbocycles. The summed E-state index contributed by atoms with van der Waals surface area (Å²) in [5, 5.41) is 4.06. The fraction of sp³-hybridized carbons (Fsp3) is 0.250. The average Bonchev–Trinajstić information content (AvgIpc) is 3.31. The minimum absolute atomic E-state index is 0.0837. The van der Waals surface area contributed by atoms with Gasteiger partial charge < -0.3 is 16.0 Å². The maximum absolute atomic E-state index is 12.7. The van der Waals surface area contributed by atoms with Crippen molar-refractivity contribution in [1.82, 2.24) is 15.3 Å². The number of allylic oxidation sites excluding steroid dienone is 3. The first-order valence-electron chi connectivity index (χ1n) is 12.8. The van der Waals surface area contributed by atoms with Crippen molar-refractivity contribution in [2.75, 3.05) is 13.1 Å². The number of amides is 1. The van der Waals surface area contributed by atoms with E-state index < -0.39 is 0 Å². The summed E-state index contributed by atoms with van der Waals surface area (Å²) in [4.78, 5) is 21.0. The van der Waals surface area contributed by atoms with E-state index in [0.29, 0.717) is 18.8 Å². The van der Waals surface area contributed by atoms with Crippen LogP contribution in [0.4, 0.5) is 0 Å². The highest BCUT2D eigenvalue weighted by Gasteiger charge is 2.09. The number of nitrogens with zero attached hydrogens (tertiary/aromatic N) is 1. The molecule has 0 aliphatic carbocycles. The fourth-order valence-electron chi connectivity index (χ4n) is 3.71. The molecule has 0 spiro atoms. The Morgan fingerprint density at radius 3 is 2.57 bits per heavy atom. The number of hydrogen-bond acceptors (Lipinski definition) is 3. The molecule has 2 heterocycles. The number of aromatic amines is 1. The lowest BCUT2D eigenvalue weighted by Gasteiger charge is -2.04. The van der Waals surface area contributed by atoms with Gasteiger partial charge in [-0.3, -0.25) is 9.78 Å². The molecule has 194 valence electrons. The average molecular weight is 497 g/mol. The molecule has 3 aromatic rings. The highest BCUT2D eigenvalue weighted by atomic mass is 16.1. The summed E-state index contributed by atoms with van der Waals surface area (Å²) in [7, 11) is 0. The molecule has 0 bridgehead atoms. The summed E-state index contributed by atoms with van der Waals surface area (Å²) in [5.41, 5.74) is 12.5. The Morgan fingerprint density at radius 1 is 1.05 bits per heavy atom. The van der Waals surface area contributed by atoms with Crippen molar-refractivity contribution in [3.05, 3.63) is 114 Å². The Kier molecular flexibility index (Phi) is 12.6. The molecule has 0 unspecified atom stereocenters. The number of hydrogen-bond donors (Lipinski definition) is 3. The van der Waals surface area contributed by atoms with Gasteiger partial charge in [0, 0.05) is 35.8 Å². The lowest BCUT2D eigenvalue weighted by Crippen LogP contribution is -2.25.